The Labute approximate surface area is 130 Å². The van der Waals surface area contributed by atoms with E-state index in [9.17, 15) is 0 Å². The average Bonchev–Trinajstić information content (AvgIpc) is 2.50. The highest BCUT2D eigenvalue weighted by Crippen LogP contribution is 2.42. The third-order valence-electron chi connectivity index (χ3n) is 4.86. The minimum absolute atomic E-state index is 0.683. The number of rotatable bonds is 7. The molecule has 0 aliphatic heterocycles. The lowest BCUT2D eigenvalue weighted by molar-refractivity contribution is 0.222. The van der Waals surface area contributed by atoms with Crippen molar-refractivity contribution in [2.75, 3.05) is 20.2 Å². The molecule has 0 radical (unpaired) electrons. The molecule has 2 nitrogen and oxygen atoms in total. The number of hydrogen-bond donors (Lipinski definition) is 1. The highest BCUT2D eigenvalue weighted by molar-refractivity contribution is 5.31. The first-order chi connectivity index (χ1) is 10.3. The smallest absolute Gasteiger partial charge is 0.119 e. The zero-order chi connectivity index (χ0) is 15.1. The topological polar surface area (TPSA) is 21.3 Å². The van der Waals surface area contributed by atoms with Crippen LogP contribution in [0, 0.1) is 11.8 Å². The van der Waals surface area contributed by atoms with Crippen LogP contribution in [0.5, 0.6) is 5.75 Å². The Hall–Kier alpha value is -1.02. The quantitative estimate of drug-likeness (QED) is 0.791. The zero-order valence-electron chi connectivity index (χ0n) is 13.9. The Morgan fingerprint density at radius 3 is 2.81 bits per heavy atom. The Morgan fingerprint density at radius 1 is 1.24 bits per heavy atom. The first-order valence-corrected chi connectivity index (χ1v) is 8.65. The van der Waals surface area contributed by atoms with Gasteiger partial charge in [-0.1, -0.05) is 38.3 Å². The van der Waals surface area contributed by atoms with Crippen LogP contribution in [0.3, 0.4) is 0 Å². The van der Waals surface area contributed by atoms with E-state index >= 15 is 0 Å². The molecule has 1 aliphatic carbocycles. The molecule has 0 aromatic heterocycles. The summed E-state index contributed by atoms with van der Waals surface area (Å²) in [7, 11) is 2.08. The van der Waals surface area contributed by atoms with E-state index in [2.05, 4.69) is 43.6 Å². The first kappa shape index (κ1) is 16.4. The van der Waals surface area contributed by atoms with E-state index in [1.807, 2.05) is 6.92 Å². The summed E-state index contributed by atoms with van der Waals surface area (Å²) < 4.78 is 5.69. The Kier molecular flexibility index (Phi) is 6.56. The number of nitrogens with one attached hydrogen (secondary N) is 1. The largest absolute Gasteiger partial charge is 0.494 e. The van der Waals surface area contributed by atoms with E-state index in [4.69, 9.17) is 4.74 Å². The van der Waals surface area contributed by atoms with Gasteiger partial charge in [-0.25, -0.2) is 0 Å². The summed E-state index contributed by atoms with van der Waals surface area (Å²) in [5, 5.41) is 3.39. The first-order valence-electron chi connectivity index (χ1n) is 8.65. The zero-order valence-corrected chi connectivity index (χ0v) is 13.9. The Morgan fingerprint density at radius 2 is 2.10 bits per heavy atom. The van der Waals surface area contributed by atoms with Gasteiger partial charge in [0, 0.05) is 0 Å². The van der Waals surface area contributed by atoms with Crippen molar-refractivity contribution in [1.82, 2.24) is 5.32 Å². The van der Waals surface area contributed by atoms with Crippen molar-refractivity contribution in [3.63, 3.8) is 0 Å². The molecule has 1 aromatic rings. The molecule has 21 heavy (non-hydrogen) atoms. The molecule has 0 spiro atoms. The van der Waals surface area contributed by atoms with Gasteiger partial charge >= 0.3 is 0 Å². The van der Waals surface area contributed by atoms with Crippen molar-refractivity contribution < 1.29 is 4.74 Å². The van der Waals surface area contributed by atoms with E-state index in [0.29, 0.717) is 5.92 Å². The second kappa shape index (κ2) is 8.43. The van der Waals surface area contributed by atoms with Gasteiger partial charge in [0.05, 0.1) is 6.61 Å². The van der Waals surface area contributed by atoms with Crippen LogP contribution in [0.1, 0.15) is 57.4 Å². The van der Waals surface area contributed by atoms with Crippen molar-refractivity contribution >= 4 is 0 Å². The van der Waals surface area contributed by atoms with Gasteiger partial charge in [0.15, 0.2) is 0 Å². The van der Waals surface area contributed by atoms with Gasteiger partial charge in [0.1, 0.15) is 5.75 Å². The summed E-state index contributed by atoms with van der Waals surface area (Å²) in [5.74, 6) is 3.38. The van der Waals surface area contributed by atoms with Crippen molar-refractivity contribution in [2.45, 2.75) is 51.9 Å². The monoisotopic (exact) mass is 289 g/mol. The lowest BCUT2D eigenvalue weighted by atomic mass is 9.70. The van der Waals surface area contributed by atoms with Crippen LogP contribution < -0.4 is 10.1 Å². The summed E-state index contributed by atoms with van der Waals surface area (Å²) in [5.41, 5.74) is 1.47. The predicted molar refractivity (Wildman–Crippen MR) is 90.0 cm³/mol. The molecule has 0 amide bonds. The van der Waals surface area contributed by atoms with Crippen LogP contribution in [0.2, 0.25) is 0 Å². The molecule has 1 aliphatic rings. The molecule has 0 bridgehead atoms. The number of hydrogen-bond acceptors (Lipinski definition) is 2. The minimum Gasteiger partial charge on any atom is -0.494 e. The van der Waals surface area contributed by atoms with Crippen LogP contribution >= 0.6 is 0 Å². The number of ether oxygens (including phenoxy) is 1. The normalized spacial score (nSPS) is 25.8. The summed E-state index contributed by atoms with van der Waals surface area (Å²) in [4.78, 5) is 0. The predicted octanol–water partition coefficient (Wildman–Crippen LogP) is 4.60. The molecule has 3 unspecified atom stereocenters. The van der Waals surface area contributed by atoms with E-state index in [1.165, 1.54) is 37.7 Å². The molecule has 0 saturated heterocycles. The molecule has 3 atom stereocenters. The standard InChI is InChI=1S/C19H31NO/c1-4-7-15-10-11-17(14-20-3)19(12-15)16-8-6-9-18(13-16)21-5-2/h6,8-9,13,15,17,19-20H,4-5,7,10-12,14H2,1-3H3. The van der Waals surface area contributed by atoms with Gasteiger partial charge in [0.25, 0.3) is 0 Å². The lowest BCUT2D eigenvalue weighted by Gasteiger charge is -2.36. The van der Waals surface area contributed by atoms with Crippen LogP contribution in [0.4, 0.5) is 0 Å². The highest BCUT2D eigenvalue weighted by Gasteiger charge is 2.30. The van der Waals surface area contributed by atoms with Gasteiger partial charge in [-0.2, -0.15) is 0 Å². The van der Waals surface area contributed by atoms with Gasteiger partial charge in [-0.15, -0.1) is 0 Å². The lowest BCUT2D eigenvalue weighted by Crippen LogP contribution is -2.30. The van der Waals surface area contributed by atoms with Gasteiger partial charge in [0.2, 0.25) is 0 Å². The fourth-order valence-electron chi connectivity index (χ4n) is 3.91. The van der Waals surface area contributed by atoms with E-state index in [-0.39, 0.29) is 0 Å². The molecule has 1 N–H and O–H groups in total. The Balaban J connectivity index is 2.15. The van der Waals surface area contributed by atoms with Gasteiger partial charge in [-0.05, 0) is 68.8 Å². The summed E-state index contributed by atoms with van der Waals surface area (Å²) in [6, 6.07) is 8.79. The molecule has 1 aromatic carbocycles. The van der Waals surface area contributed by atoms with Crippen LogP contribution in [-0.4, -0.2) is 20.2 Å². The van der Waals surface area contributed by atoms with Crippen molar-refractivity contribution in [3.05, 3.63) is 29.8 Å². The fourth-order valence-corrected chi connectivity index (χ4v) is 3.91. The molecule has 2 rings (SSSR count). The molecule has 0 heterocycles. The second-order valence-corrected chi connectivity index (χ2v) is 6.40. The summed E-state index contributed by atoms with van der Waals surface area (Å²) >= 11 is 0. The SMILES string of the molecule is CCCC1CCC(CNC)C(c2cccc(OCC)c2)C1. The molecular formula is C19H31NO. The second-order valence-electron chi connectivity index (χ2n) is 6.40. The van der Waals surface area contributed by atoms with Gasteiger partial charge < -0.3 is 10.1 Å². The molecule has 1 saturated carbocycles. The molecule has 1 fully saturated rings. The maximum atomic E-state index is 5.69. The maximum absolute atomic E-state index is 5.69. The van der Waals surface area contributed by atoms with E-state index < -0.39 is 0 Å². The Bertz CT molecular complexity index is 418. The van der Waals surface area contributed by atoms with Crippen molar-refractivity contribution in [3.8, 4) is 5.75 Å². The summed E-state index contributed by atoms with van der Waals surface area (Å²) in [6.07, 6.45) is 6.80. The number of benzene rings is 1. The van der Waals surface area contributed by atoms with E-state index in [0.717, 1.165) is 30.7 Å². The minimum atomic E-state index is 0.683. The third-order valence-corrected chi connectivity index (χ3v) is 4.86. The average molecular weight is 289 g/mol. The van der Waals surface area contributed by atoms with Crippen LogP contribution in [0.25, 0.3) is 0 Å². The van der Waals surface area contributed by atoms with Crippen LogP contribution in [0.15, 0.2) is 24.3 Å². The van der Waals surface area contributed by atoms with Crippen molar-refractivity contribution in [2.24, 2.45) is 11.8 Å². The summed E-state index contributed by atoms with van der Waals surface area (Å²) in [6.45, 7) is 6.23. The maximum Gasteiger partial charge on any atom is 0.119 e. The molecular weight excluding hydrogens is 258 g/mol. The van der Waals surface area contributed by atoms with E-state index in [1.54, 1.807) is 0 Å². The molecule has 118 valence electrons. The fraction of sp³-hybridized carbons (Fsp3) is 0.684. The van der Waals surface area contributed by atoms with Crippen molar-refractivity contribution in [1.29, 1.82) is 0 Å². The van der Waals surface area contributed by atoms with Gasteiger partial charge in [-0.3, -0.25) is 0 Å². The molecule has 2 heteroatoms. The third kappa shape index (κ3) is 4.47. The highest BCUT2D eigenvalue weighted by atomic mass is 16.5. The van der Waals surface area contributed by atoms with Crippen LogP contribution in [-0.2, 0) is 0 Å².